The van der Waals surface area contributed by atoms with E-state index in [9.17, 15) is 39.0 Å². The molecule has 5 amide bonds. The number of hydrogen-bond acceptors (Lipinski definition) is 13. The smallest absolute Gasteiger partial charge is 0.326 e. The molecule has 0 aromatic rings. The average Bonchev–Trinajstić information content (AvgIpc) is 3.10. The van der Waals surface area contributed by atoms with Crippen molar-refractivity contribution in [1.29, 1.82) is 0 Å². The highest BCUT2D eigenvalue weighted by Crippen LogP contribution is 2.08. The molecule has 22 nitrogen and oxygen atoms in total. The van der Waals surface area contributed by atoms with Crippen LogP contribution in [0.1, 0.15) is 71.1 Å². The molecule has 0 radical (unpaired) electrons. The number of carbonyl (C=O) groups excluding carboxylic acids is 5. The van der Waals surface area contributed by atoms with Gasteiger partial charge >= 0.3 is 5.97 Å². The minimum atomic E-state index is -1.49. The fourth-order valence-corrected chi connectivity index (χ4v) is 5.13. The zero-order valence-electron chi connectivity index (χ0n) is 30.9. The van der Waals surface area contributed by atoms with Crippen LogP contribution >= 0.6 is 12.6 Å². The molecule has 0 aliphatic heterocycles. The summed E-state index contributed by atoms with van der Waals surface area (Å²) >= 11 is 4.15. The average molecular weight is 791 g/mol. The lowest BCUT2D eigenvalue weighted by Gasteiger charge is -2.27. The first kappa shape index (κ1) is 49.6. The Hall–Kier alpha value is -4.45. The normalized spacial score (nSPS) is 14.8. The summed E-state index contributed by atoms with van der Waals surface area (Å²) in [7, 11) is 0. The van der Waals surface area contributed by atoms with Gasteiger partial charge in [0.2, 0.25) is 29.5 Å². The molecule has 0 fully saturated rings. The number of rotatable bonds is 29. The molecule has 0 saturated carbocycles. The lowest BCUT2D eigenvalue weighted by atomic mass is 10.0. The summed E-state index contributed by atoms with van der Waals surface area (Å²) in [4.78, 5) is 85.9. The first-order valence-electron chi connectivity index (χ1n) is 17.8. The maximum absolute atomic E-state index is 13.7. The highest BCUT2D eigenvalue weighted by Gasteiger charge is 2.33. The van der Waals surface area contributed by atoms with E-state index >= 15 is 0 Å². The van der Waals surface area contributed by atoms with Gasteiger partial charge in [-0.1, -0.05) is 6.42 Å². The van der Waals surface area contributed by atoms with Crippen LogP contribution < -0.4 is 66.7 Å². The summed E-state index contributed by atoms with van der Waals surface area (Å²) in [6, 6.07) is -7.66. The predicted molar refractivity (Wildman–Crippen MR) is 206 cm³/mol. The molecule has 7 atom stereocenters. The molecule has 0 spiro atoms. The van der Waals surface area contributed by atoms with E-state index in [-0.39, 0.29) is 75.8 Å². The van der Waals surface area contributed by atoms with Crippen molar-refractivity contribution in [3.05, 3.63) is 0 Å². The second-order valence-electron chi connectivity index (χ2n) is 12.6. The third-order valence-electron chi connectivity index (χ3n) is 7.90. The number of hydrogen-bond donors (Lipinski definition) is 15. The van der Waals surface area contributed by atoms with Crippen LogP contribution in [0, 0.1) is 0 Å². The zero-order valence-corrected chi connectivity index (χ0v) is 31.8. The largest absolute Gasteiger partial charge is 0.480 e. The first-order chi connectivity index (χ1) is 25.5. The number of amides is 5. The number of nitrogens with one attached hydrogen (secondary N) is 5. The molecule has 0 aromatic carbocycles. The van der Waals surface area contributed by atoms with Crippen LogP contribution in [0.25, 0.3) is 0 Å². The lowest BCUT2D eigenvalue weighted by Crippen LogP contribution is -2.61. The van der Waals surface area contributed by atoms with Crippen LogP contribution in [0.2, 0.25) is 0 Å². The Bertz CT molecular complexity index is 1250. The number of carboxylic acids is 1. The van der Waals surface area contributed by atoms with Gasteiger partial charge in [0.25, 0.3) is 0 Å². The van der Waals surface area contributed by atoms with E-state index in [1.807, 2.05) is 0 Å². The van der Waals surface area contributed by atoms with Crippen molar-refractivity contribution in [1.82, 2.24) is 26.6 Å². The van der Waals surface area contributed by atoms with Gasteiger partial charge in [-0.25, -0.2) is 4.79 Å². The number of thiol groups is 1. The number of carbonyl (C=O) groups is 6. The van der Waals surface area contributed by atoms with Gasteiger partial charge in [-0.15, -0.1) is 0 Å². The fraction of sp³-hybridized carbons (Fsp3) is 0.742. The quantitative estimate of drug-likeness (QED) is 0.0145. The van der Waals surface area contributed by atoms with Gasteiger partial charge in [-0.2, -0.15) is 12.6 Å². The molecule has 310 valence electrons. The molecule has 0 aliphatic rings. The molecular weight excluding hydrogens is 728 g/mol. The molecule has 0 unspecified atom stereocenters. The van der Waals surface area contributed by atoms with Gasteiger partial charge in [0, 0.05) is 18.8 Å². The molecule has 0 rings (SSSR count). The van der Waals surface area contributed by atoms with Crippen molar-refractivity contribution in [2.75, 3.05) is 31.9 Å². The monoisotopic (exact) mass is 790 g/mol. The Labute approximate surface area is 320 Å². The number of nitrogens with two attached hydrogens (primary N) is 7. The molecule has 21 N–H and O–H groups in total. The summed E-state index contributed by atoms with van der Waals surface area (Å²) in [5.74, 6) is -5.95. The molecule has 0 heterocycles. The number of aliphatic hydroxyl groups excluding tert-OH is 1. The van der Waals surface area contributed by atoms with Crippen molar-refractivity contribution in [3.8, 4) is 0 Å². The van der Waals surface area contributed by atoms with Gasteiger partial charge in [0.05, 0.1) is 12.1 Å². The van der Waals surface area contributed by atoms with Crippen molar-refractivity contribution in [2.45, 2.75) is 113 Å². The van der Waals surface area contributed by atoms with E-state index < -0.39 is 77.9 Å². The van der Waals surface area contributed by atoms with E-state index in [0.29, 0.717) is 32.2 Å². The summed E-state index contributed by atoms with van der Waals surface area (Å²) in [6.45, 7) is 2.19. The minimum absolute atomic E-state index is 0.0135. The second-order valence-corrected chi connectivity index (χ2v) is 12.9. The highest BCUT2D eigenvalue weighted by atomic mass is 32.1. The van der Waals surface area contributed by atoms with Gasteiger partial charge in [-0.3, -0.25) is 34.0 Å². The number of aliphatic carboxylic acids is 1. The summed E-state index contributed by atoms with van der Waals surface area (Å²) in [5, 5.41) is 32.4. The Morgan fingerprint density at radius 3 is 1.44 bits per heavy atom. The molecule has 54 heavy (non-hydrogen) atoms. The van der Waals surface area contributed by atoms with Gasteiger partial charge in [0.1, 0.15) is 30.2 Å². The third-order valence-corrected chi connectivity index (χ3v) is 8.27. The Morgan fingerprint density at radius 2 is 1.00 bits per heavy atom. The number of aliphatic imine (C=N–C) groups is 2. The second kappa shape index (κ2) is 28.1. The minimum Gasteiger partial charge on any atom is -0.480 e. The molecule has 0 aromatic heterocycles. The topological polar surface area (TPSA) is 410 Å². The van der Waals surface area contributed by atoms with Crippen molar-refractivity contribution < 1.29 is 39.0 Å². The Kier molecular flexibility index (Phi) is 25.7. The molecule has 0 bridgehead atoms. The van der Waals surface area contributed by atoms with Crippen LogP contribution in [0.3, 0.4) is 0 Å². The van der Waals surface area contributed by atoms with E-state index in [1.165, 1.54) is 6.92 Å². The lowest BCUT2D eigenvalue weighted by molar-refractivity contribution is -0.142. The van der Waals surface area contributed by atoms with Crippen LogP contribution in [0.15, 0.2) is 9.98 Å². The molecule has 23 heteroatoms. The van der Waals surface area contributed by atoms with E-state index in [2.05, 4.69) is 49.2 Å². The Balaban J connectivity index is 6.08. The fourth-order valence-electron chi connectivity index (χ4n) is 4.87. The number of nitrogens with zero attached hydrogens (tertiary/aromatic N) is 2. The van der Waals surface area contributed by atoms with Crippen molar-refractivity contribution >= 4 is 60.1 Å². The van der Waals surface area contributed by atoms with Crippen LogP contribution in [-0.4, -0.2) is 132 Å². The van der Waals surface area contributed by atoms with Crippen LogP contribution in [-0.2, 0) is 28.8 Å². The summed E-state index contributed by atoms with van der Waals surface area (Å²) in [5.41, 5.74) is 38.5. The SMILES string of the molecule is C[C@@H](O)[C@H](NC(=O)[C@@H](N)CCCCN)C(=O)N[C@H](CCCN=C(N)N)C(=O)N[C@@H](CCCCN)C(=O)N[C@H](CS)C(=O)N[C@@H](CCCN=C(N)N)C(=O)O. The number of aliphatic hydroxyl groups is 1. The van der Waals surface area contributed by atoms with Crippen LogP contribution in [0.5, 0.6) is 0 Å². The number of unbranched alkanes of at least 4 members (excludes halogenated alkanes) is 2. The maximum atomic E-state index is 13.7. The standard InChI is InChI=1S/C31H62N14O8S/c1-17(46)23(45-24(47)18(34)8-2-4-12-32)28(51)42-20(10-6-14-39-30(35)36)25(48)41-19(9-3-5-13-33)26(49)44-22(16-54)27(50)43-21(29(52)53)11-7-15-40-31(37)38/h17-23,46,54H,2-16,32-34H2,1H3,(H,41,48)(H,42,51)(H,43,50)(H,44,49)(H,45,47)(H,52,53)(H4,35,36,39)(H4,37,38,40)/t17-,18+,19+,20-,21+,22-,23+/m1/s1. The zero-order chi connectivity index (χ0) is 41.2. The first-order valence-corrected chi connectivity index (χ1v) is 18.4. The van der Waals surface area contributed by atoms with Crippen molar-refractivity contribution in [2.24, 2.45) is 50.1 Å². The van der Waals surface area contributed by atoms with E-state index in [0.717, 1.165) is 0 Å². The molecular formula is C31H62N14O8S. The van der Waals surface area contributed by atoms with Gasteiger partial charge in [-0.05, 0) is 77.8 Å². The van der Waals surface area contributed by atoms with Gasteiger partial charge < -0.3 is 76.9 Å². The van der Waals surface area contributed by atoms with Gasteiger partial charge in [0.15, 0.2) is 11.9 Å². The summed E-state index contributed by atoms with van der Waals surface area (Å²) in [6.07, 6.45) is 1.42. The number of carboxylic acid groups (broad SMARTS) is 1. The third kappa shape index (κ3) is 21.3. The summed E-state index contributed by atoms with van der Waals surface area (Å²) < 4.78 is 0. The molecule has 0 saturated heterocycles. The van der Waals surface area contributed by atoms with Crippen LogP contribution in [0.4, 0.5) is 0 Å². The Morgan fingerprint density at radius 1 is 0.593 bits per heavy atom. The van der Waals surface area contributed by atoms with Crippen molar-refractivity contribution in [3.63, 3.8) is 0 Å². The van der Waals surface area contributed by atoms with E-state index in [1.54, 1.807) is 0 Å². The maximum Gasteiger partial charge on any atom is 0.326 e. The van der Waals surface area contributed by atoms with E-state index in [4.69, 9.17) is 40.1 Å². The number of guanidine groups is 2. The predicted octanol–water partition coefficient (Wildman–Crippen LogP) is -5.50. The molecule has 0 aliphatic carbocycles. The highest BCUT2D eigenvalue weighted by molar-refractivity contribution is 7.80.